The number of aliphatic imine (C=N–C) groups is 1. The van der Waals surface area contributed by atoms with Gasteiger partial charge in [-0.2, -0.15) is 0 Å². The molecule has 0 aliphatic carbocycles. The minimum atomic E-state index is -0.978. The second-order valence-corrected chi connectivity index (χ2v) is 6.64. The first-order valence-corrected chi connectivity index (χ1v) is 8.17. The molecule has 0 fully saturated rings. The zero-order chi connectivity index (χ0) is 19.8. The molecule has 5 N–H and O–H groups in total. The predicted molar refractivity (Wildman–Crippen MR) is 94.5 cm³/mol. The van der Waals surface area contributed by atoms with E-state index in [0.29, 0.717) is 16.7 Å². The van der Waals surface area contributed by atoms with Gasteiger partial charge in [0.25, 0.3) is 0 Å². The minimum absolute atomic E-state index is 0.0756. The minimum Gasteiger partial charge on any atom is -0.385 e. The molecule has 0 aromatic heterocycles. The number of nitrogens with one attached hydrogen (secondary N) is 1. The SMILES string of the molecule is CC1(Cc2ccc(F)c(F)c2)N=C(N)NC(N)=C1Cc1ccc(F)c(F)c1. The fraction of sp³-hybridized carbons (Fsp3) is 0.211. The van der Waals surface area contributed by atoms with Gasteiger partial charge >= 0.3 is 0 Å². The number of halogens is 4. The van der Waals surface area contributed by atoms with E-state index >= 15 is 0 Å². The third kappa shape index (κ3) is 3.89. The molecule has 2 aromatic rings. The van der Waals surface area contributed by atoms with E-state index in [1.54, 1.807) is 6.92 Å². The van der Waals surface area contributed by atoms with Crippen LogP contribution < -0.4 is 16.8 Å². The summed E-state index contributed by atoms with van der Waals surface area (Å²) in [6, 6.07) is 7.11. The molecule has 0 saturated carbocycles. The lowest BCUT2D eigenvalue weighted by atomic mass is 9.81. The molecule has 1 heterocycles. The van der Waals surface area contributed by atoms with Gasteiger partial charge in [0.1, 0.15) is 5.82 Å². The van der Waals surface area contributed by atoms with Crippen molar-refractivity contribution in [3.8, 4) is 0 Å². The first kappa shape index (κ1) is 18.8. The van der Waals surface area contributed by atoms with Crippen LogP contribution in [0, 0.1) is 23.3 Å². The summed E-state index contributed by atoms with van der Waals surface area (Å²) in [5, 5.41) is 2.72. The Kier molecular flexibility index (Phi) is 4.82. The van der Waals surface area contributed by atoms with Crippen molar-refractivity contribution in [3.63, 3.8) is 0 Å². The molecular weight excluding hydrogens is 360 g/mol. The molecule has 0 spiro atoms. The smallest absolute Gasteiger partial charge is 0.195 e. The van der Waals surface area contributed by atoms with Crippen LogP contribution in [0.3, 0.4) is 0 Å². The van der Waals surface area contributed by atoms with Crippen LogP contribution >= 0.6 is 0 Å². The highest BCUT2D eigenvalue weighted by Gasteiger charge is 2.35. The maximum atomic E-state index is 13.6. The van der Waals surface area contributed by atoms with E-state index in [1.807, 2.05) is 0 Å². The van der Waals surface area contributed by atoms with E-state index in [-0.39, 0.29) is 24.6 Å². The quantitative estimate of drug-likeness (QED) is 0.716. The van der Waals surface area contributed by atoms with Crippen LogP contribution in [-0.2, 0) is 12.8 Å². The van der Waals surface area contributed by atoms with Gasteiger partial charge in [-0.3, -0.25) is 0 Å². The second kappa shape index (κ2) is 6.94. The van der Waals surface area contributed by atoms with Crippen molar-refractivity contribution in [1.29, 1.82) is 0 Å². The molecular formula is C19H18F4N4. The van der Waals surface area contributed by atoms with Gasteiger partial charge in [0.2, 0.25) is 0 Å². The Morgan fingerprint density at radius 1 is 0.889 bits per heavy atom. The van der Waals surface area contributed by atoms with Crippen molar-refractivity contribution in [1.82, 2.24) is 5.32 Å². The van der Waals surface area contributed by atoms with Crippen LogP contribution in [0.4, 0.5) is 17.6 Å². The highest BCUT2D eigenvalue weighted by atomic mass is 19.2. The van der Waals surface area contributed by atoms with Gasteiger partial charge < -0.3 is 16.8 Å². The van der Waals surface area contributed by atoms with E-state index in [9.17, 15) is 17.6 Å². The molecule has 8 heteroatoms. The lowest BCUT2D eigenvalue weighted by molar-refractivity contribution is 0.492. The Balaban J connectivity index is 1.97. The number of nitrogens with zero attached hydrogens (tertiary/aromatic N) is 1. The molecule has 0 saturated heterocycles. The number of nitrogens with two attached hydrogens (primary N) is 2. The molecule has 1 unspecified atom stereocenters. The average Bonchev–Trinajstić information content (AvgIpc) is 2.57. The summed E-state index contributed by atoms with van der Waals surface area (Å²) in [6.45, 7) is 1.74. The van der Waals surface area contributed by atoms with Gasteiger partial charge in [-0.25, -0.2) is 22.6 Å². The molecule has 0 bridgehead atoms. The van der Waals surface area contributed by atoms with Gasteiger partial charge in [0.15, 0.2) is 29.2 Å². The van der Waals surface area contributed by atoms with Crippen molar-refractivity contribution in [2.24, 2.45) is 16.5 Å². The lowest BCUT2D eigenvalue weighted by Crippen LogP contribution is -2.47. The lowest BCUT2D eigenvalue weighted by Gasteiger charge is -2.34. The second-order valence-electron chi connectivity index (χ2n) is 6.64. The van der Waals surface area contributed by atoms with Crippen LogP contribution in [0.25, 0.3) is 0 Å². The number of hydrogen-bond acceptors (Lipinski definition) is 4. The van der Waals surface area contributed by atoms with Crippen molar-refractivity contribution in [3.05, 3.63) is 82.2 Å². The summed E-state index contributed by atoms with van der Waals surface area (Å²) in [5.74, 6) is -3.53. The summed E-state index contributed by atoms with van der Waals surface area (Å²) in [5.41, 5.74) is 12.4. The van der Waals surface area contributed by atoms with Gasteiger partial charge in [-0.05, 0) is 48.7 Å². The molecule has 1 aliphatic heterocycles. The standard InChI is InChI=1S/C19H18F4N4/c1-19(9-11-3-5-14(21)16(23)8-11)12(17(24)26-18(25)27-19)6-10-2-4-13(20)15(22)7-10/h2-5,7-8H,6,9,24H2,1H3,(H3,25,26,27). The van der Waals surface area contributed by atoms with Crippen LogP contribution in [0.1, 0.15) is 18.1 Å². The summed E-state index contributed by atoms with van der Waals surface area (Å²) < 4.78 is 53.5. The summed E-state index contributed by atoms with van der Waals surface area (Å²) in [7, 11) is 0. The van der Waals surface area contributed by atoms with Gasteiger partial charge in [-0.1, -0.05) is 12.1 Å². The van der Waals surface area contributed by atoms with E-state index in [1.165, 1.54) is 12.1 Å². The molecule has 1 atom stereocenters. The highest BCUT2D eigenvalue weighted by molar-refractivity contribution is 5.82. The fourth-order valence-electron chi connectivity index (χ4n) is 3.20. The number of guanidine groups is 1. The number of rotatable bonds is 4. The van der Waals surface area contributed by atoms with E-state index in [2.05, 4.69) is 10.3 Å². The van der Waals surface area contributed by atoms with Crippen molar-refractivity contribution < 1.29 is 17.6 Å². The van der Waals surface area contributed by atoms with Gasteiger partial charge in [0.05, 0.1) is 5.54 Å². The number of benzene rings is 2. The Morgan fingerprint density at radius 3 is 2.04 bits per heavy atom. The van der Waals surface area contributed by atoms with Gasteiger partial charge in [0, 0.05) is 12.0 Å². The van der Waals surface area contributed by atoms with Gasteiger partial charge in [-0.15, -0.1) is 0 Å². The molecule has 0 radical (unpaired) electrons. The van der Waals surface area contributed by atoms with Crippen LogP contribution in [0.2, 0.25) is 0 Å². The normalized spacial score (nSPS) is 19.7. The Hall–Kier alpha value is -3.03. The molecule has 142 valence electrons. The van der Waals surface area contributed by atoms with E-state index in [4.69, 9.17) is 11.5 Å². The molecule has 0 amide bonds. The van der Waals surface area contributed by atoms with E-state index < -0.39 is 28.8 Å². The van der Waals surface area contributed by atoms with Crippen molar-refractivity contribution in [2.75, 3.05) is 0 Å². The monoisotopic (exact) mass is 378 g/mol. The molecule has 2 aromatic carbocycles. The topological polar surface area (TPSA) is 76.4 Å². The third-order valence-electron chi connectivity index (χ3n) is 4.50. The summed E-state index contributed by atoms with van der Waals surface area (Å²) in [4.78, 5) is 4.39. The summed E-state index contributed by atoms with van der Waals surface area (Å²) >= 11 is 0. The first-order valence-electron chi connectivity index (χ1n) is 8.17. The largest absolute Gasteiger partial charge is 0.385 e. The molecule has 3 rings (SSSR count). The Morgan fingerprint density at radius 2 is 1.44 bits per heavy atom. The fourth-order valence-corrected chi connectivity index (χ4v) is 3.20. The van der Waals surface area contributed by atoms with Crippen LogP contribution in [0.15, 0.2) is 52.8 Å². The maximum Gasteiger partial charge on any atom is 0.195 e. The Labute approximate surface area is 153 Å². The predicted octanol–water partition coefficient (Wildman–Crippen LogP) is 2.88. The zero-order valence-corrected chi connectivity index (χ0v) is 14.5. The molecule has 27 heavy (non-hydrogen) atoms. The highest BCUT2D eigenvalue weighted by Crippen LogP contribution is 2.32. The Bertz CT molecular complexity index is 955. The van der Waals surface area contributed by atoms with Crippen LogP contribution in [-0.4, -0.2) is 11.5 Å². The van der Waals surface area contributed by atoms with Crippen molar-refractivity contribution >= 4 is 5.96 Å². The molecule has 4 nitrogen and oxygen atoms in total. The molecule has 1 aliphatic rings. The van der Waals surface area contributed by atoms with E-state index in [0.717, 1.165) is 24.3 Å². The average molecular weight is 378 g/mol. The zero-order valence-electron chi connectivity index (χ0n) is 14.5. The van der Waals surface area contributed by atoms with Crippen LogP contribution in [0.5, 0.6) is 0 Å². The maximum absolute atomic E-state index is 13.6. The first-order chi connectivity index (χ1) is 12.7. The third-order valence-corrected chi connectivity index (χ3v) is 4.50. The van der Waals surface area contributed by atoms with Crippen molar-refractivity contribution in [2.45, 2.75) is 25.3 Å². The number of hydrogen-bond donors (Lipinski definition) is 3. The summed E-state index contributed by atoms with van der Waals surface area (Å²) in [6.07, 6.45) is 0.360.